The summed E-state index contributed by atoms with van der Waals surface area (Å²) in [4.78, 5) is 8.46. The Kier molecular flexibility index (Phi) is 5.79. The van der Waals surface area contributed by atoms with Crippen LogP contribution in [0.5, 0.6) is 0 Å². The molecule has 1 aliphatic heterocycles. The number of aromatic nitrogens is 2. The highest BCUT2D eigenvalue weighted by atomic mass is 35.5. The van der Waals surface area contributed by atoms with Gasteiger partial charge in [-0.15, -0.1) is 11.3 Å². The maximum absolute atomic E-state index is 5.99. The van der Waals surface area contributed by atoms with E-state index in [0.717, 1.165) is 49.3 Å². The van der Waals surface area contributed by atoms with Crippen molar-refractivity contribution in [1.82, 2.24) is 20.0 Å². The standard InChI is InChI=1S/C17H24ClN5S/c1-3-19-17(20-8-6-15-4-5-16(18)24-15)23-9-7-13(12-23)14-10-21-22(2)11-14/h4-5,10-11,13H,3,6-9,12H2,1-2H3,(H,19,20). The Morgan fingerprint density at radius 3 is 3.04 bits per heavy atom. The van der Waals surface area contributed by atoms with Gasteiger partial charge in [0.2, 0.25) is 0 Å². The lowest BCUT2D eigenvalue weighted by Crippen LogP contribution is -2.40. The number of rotatable bonds is 5. The van der Waals surface area contributed by atoms with Crippen LogP contribution in [0.1, 0.15) is 29.7 Å². The summed E-state index contributed by atoms with van der Waals surface area (Å²) in [5.74, 6) is 1.56. The molecule has 1 fully saturated rings. The molecule has 0 bridgehead atoms. The molecule has 0 radical (unpaired) electrons. The van der Waals surface area contributed by atoms with Crippen molar-refractivity contribution in [3.8, 4) is 0 Å². The molecule has 0 aliphatic carbocycles. The summed E-state index contributed by atoms with van der Waals surface area (Å²) in [6.45, 7) is 5.83. The largest absolute Gasteiger partial charge is 0.357 e. The summed E-state index contributed by atoms with van der Waals surface area (Å²) < 4.78 is 2.73. The lowest BCUT2D eigenvalue weighted by atomic mass is 10.0. The number of aryl methyl sites for hydroxylation is 1. The Hall–Kier alpha value is -1.53. The van der Waals surface area contributed by atoms with E-state index in [0.29, 0.717) is 5.92 Å². The van der Waals surface area contributed by atoms with Crippen LogP contribution >= 0.6 is 22.9 Å². The quantitative estimate of drug-likeness (QED) is 0.654. The van der Waals surface area contributed by atoms with E-state index < -0.39 is 0 Å². The van der Waals surface area contributed by atoms with Gasteiger partial charge in [0, 0.05) is 56.6 Å². The number of thiophene rings is 1. The number of hydrogen-bond donors (Lipinski definition) is 1. The van der Waals surface area contributed by atoms with Gasteiger partial charge < -0.3 is 10.2 Å². The van der Waals surface area contributed by atoms with Crippen LogP contribution in [-0.4, -0.2) is 46.8 Å². The van der Waals surface area contributed by atoms with E-state index in [1.54, 1.807) is 11.3 Å². The number of halogens is 1. The molecule has 130 valence electrons. The molecule has 24 heavy (non-hydrogen) atoms. The van der Waals surface area contributed by atoms with Gasteiger partial charge in [-0.1, -0.05) is 11.6 Å². The van der Waals surface area contributed by atoms with Crippen LogP contribution < -0.4 is 5.32 Å². The molecule has 1 saturated heterocycles. The van der Waals surface area contributed by atoms with Gasteiger partial charge in [-0.25, -0.2) is 0 Å². The number of hydrogen-bond acceptors (Lipinski definition) is 3. The molecular formula is C17H24ClN5S. The molecule has 0 spiro atoms. The molecule has 2 aromatic heterocycles. The Balaban J connectivity index is 1.59. The molecule has 0 saturated carbocycles. The first-order valence-electron chi connectivity index (χ1n) is 8.41. The first-order chi connectivity index (χ1) is 11.7. The molecule has 1 unspecified atom stereocenters. The molecule has 0 amide bonds. The Morgan fingerprint density at radius 2 is 2.38 bits per heavy atom. The van der Waals surface area contributed by atoms with Crippen LogP contribution in [-0.2, 0) is 13.5 Å². The van der Waals surface area contributed by atoms with Gasteiger partial charge in [-0.2, -0.15) is 5.10 Å². The number of nitrogens with zero attached hydrogens (tertiary/aromatic N) is 4. The summed E-state index contributed by atoms with van der Waals surface area (Å²) in [5, 5.41) is 7.72. The van der Waals surface area contributed by atoms with Crippen molar-refractivity contribution in [3.05, 3.63) is 39.3 Å². The summed E-state index contributed by atoms with van der Waals surface area (Å²) in [6, 6.07) is 4.04. The average Bonchev–Trinajstić information content (AvgIpc) is 3.27. The van der Waals surface area contributed by atoms with Gasteiger partial charge in [0.25, 0.3) is 0 Å². The van der Waals surface area contributed by atoms with Crippen LogP contribution in [0.3, 0.4) is 0 Å². The normalized spacial score (nSPS) is 18.4. The smallest absolute Gasteiger partial charge is 0.193 e. The van der Waals surface area contributed by atoms with Crippen LogP contribution in [0.15, 0.2) is 29.5 Å². The lowest BCUT2D eigenvalue weighted by Gasteiger charge is -2.21. The minimum Gasteiger partial charge on any atom is -0.357 e. The molecule has 3 heterocycles. The summed E-state index contributed by atoms with van der Waals surface area (Å²) in [6.07, 6.45) is 6.19. The summed E-state index contributed by atoms with van der Waals surface area (Å²) >= 11 is 7.62. The van der Waals surface area contributed by atoms with Crippen LogP contribution in [0.25, 0.3) is 0 Å². The molecule has 2 aromatic rings. The maximum atomic E-state index is 5.99. The van der Waals surface area contributed by atoms with E-state index in [2.05, 4.69) is 34.5 Å². The SMILES string of the molecule is CCNC(=NCCc1ccc(Cl)s1)N1CCC(c2cnn(C)c2)C1. The third-order valence-corrected chi connectivity index (χ3v) is 5.56. The van der Waals surface area contributed by atoms with Gasteiger partial charge in [0.15, 0.2) is 5.96 Å². The molecule has 0 aromatic carbocycles. The molecule has 1 aliphatic rings. The Bertz CT molecular complexity index is 693. The van der Waals surface area contributed by atoms with Crippen LogP contribution in [0.4, 0.5) is 0 Å². The van der Waals surface area contributed by atoms with E-state index in [9.17, 15) is 0 Å². The minimum absolute atomic E-state index is 0.540. The van der Waals surface area contributed by atoms with Crippen LogP contribution in [0.2, 0.25) is 4.34 Å². The molecule has 7 heteroatoms. The Labute approximate surface area is 152 Å². The third-order valence-electron chi connectivity index (χ3n) is 4.27. The van der Waals surface area contributed by atoms with Gasteiger partial charge in [-0.05, 0) is 31.0 Å². The van der Waals surface area contributed by atoms with Crippen molar-refractivity contribution >= 4 is 28.9 Å². The number of likely N-dealkylation sites (tertiary alicyclic amines) is 1. The van der Waals surface area contributed by atoms with E-state index >= 15 is 0 Å². The van der Waals surface area contributed by atoms with Crippen molar-refractivity contribution in [1.29, 1.82) is 0 Å². The van der Waals surface area contributed by atoms with Gasteiger partial charge in [0.1, 0.15) is 0 Å². The van der Waals surface area contributed by atoms with E-state index in [1.165, 1.54) is 10.4 Å². The second-order valence-electron chi connectivity index (χ2n) is 6.07. The molecule has 1 N–H and O–H groups in total. The van der Waals surface area contributed by atoms with Crippen molar-refractivity contribution in [2.75, 3.05) is 26.2 Å². The fraction of sp³-hybridized carbons (Fsp3) is 0.529. The highest BCUT2D eigenvalue weighted by Gasteiger charge is 2.26. The molecule has 1 atom stereocenters. The Morgan fingerprint density at radius 1 is 1.50 bits per heavy atom. The average molecular weight is 366 g/mol. The zero-order chi connectivity index (χ0) is 16.9. The van der Waals surface area contributed by atoms with Gasteiger partial charge >= 0.3 is 0 Å². The number of guanidine groups is 1. The summed E-state index contributed by atoms with van der Waals surface area (Å²) in [5.41, 5.74) is 1.32. The second-order valence-corrected chi connectivity index (χ2v) is 7.87. The molecular weight excluding hydrogens is 342 g/mol. The number of nitrogens with one attached hydrogen (secondary N) is 1. The van der Waals surface area contributed by atoms with E-state index in [-0.39, 0.29) is 0 Å². The third kappa shape index (κ3) is 4.30. The minimum atomic E-state index is 0.540. The zero-order valence-corrected chi connectivity index (χ0v) is 15.8. The predicted molar refractivity (Wildman–Crippen MR) is 101 cm³/mol. The fourth-order valence-electron chi connectivity index (χ4n) is 3.06. The van der Waals surface area contributed by atoms with E-state index in [4.69, 9.17) is 16.6 Å². The van der Waals surface area contributed by atoms with Crippen LogP contribution in [0, 0.1) is 0 Å². The molecule has 5 nitrogen and oxygen atoms in total. The zero-order valence-electron chi connectivity index (χ0n) is 14.2. The van der Waals surface area contributed by atoms with Gasteiger partial charge in [0.05, 0.1) is 10.5 Å². The monoisotopic (exact) mass is 365 g/mol. The van der Waals surface area contributed by atoms with Gasteiger partial charge in [-0.3, -0.25) is 9.67 Å². The van der Waals surface area contributed by atoms with E-state index in [1.807, 2.05) is 24.0 Å². The topological polar surface area (TPSA) is 45.5 Å². The maximum Gasteiger partial charge on any atom is 0.193 e. The molecule has 3 rings (SSSR count). The summed E-state index contributed by atoms with van der Waals surface area (Å²) in [7, 11) is 1.97. The first kappa shape index (κ1) is 17.3. The van der Waals surface area contributed by atoms with Crippen molar-refractivity contribution < 1.29 is 0 Å². The second kappa shape index (κ2) is 8.03. The highest BCUT2D eigenvalue weighted by Crippen LogP contribution is 2.26. The number of aliphatic imine (C=N–C) groups is 1. The van der Waals surface area contributed by atoms with Crippen molar-refractivity contribution in [2.24, 2.45) is 12.0 Å². The lowest BCUT2D eigenvalue weighted by molar-refractivity contribution is 0.486. The highest BCUT2D eigenvalue weighted by molar-refractivity contribution is 7.16. The van der Waals surface area contributed by atoms with Crippen molar-refractivity contribution in [3.63, 3.8) is 0 Å². The predicted octanol–water partition coefficient (Wildman–Crippen LogP) is 3.13. The fourth-order valence-corrected chi connectivity index (χ4v) is 4.14. The first-order valence-corrected chi connectivity index (χ1v) is 9.61. The van der Waals surface area contributed by atoms with Crippen molar-refractivity contribution in [2.45, 2.75) is 25.7 Å².